The first-order valence-corrected chi connectivity index (χ1v) is 7.37. The van der Waals surface area contributed by atoms with Crippen LogP contribution in [0.5, 0.6) is 0 Å². The number of hydrogen-bond donors (Lipinski definition) is 0. The zero-order valence-corrected chi connectivity index (χ0v) is 12.1. The molecule has 2 amide bonds. The lowest BCUT2D eigenvalue weighted by Gasteiger charge is -2.19. The number of carbonyl (C=O) groups excluding carboxylic acids is 3. The van der Waals surface area contributed by atoms with E-state index >= 15 is 0 Å². The normalized spacial score (nSPS) is 31.8. The summed E-state index contributed by atoms with van der Waals surface area (Å²) in [6, 6.07) is 6.59. The summed E-state index contributed by atoms with van der Waals surface area (Å²) in [5, 5.41) is 0. The molecule has 1 saturated heterocycles. The van der Waals surface area contributed by atoms with E-state index in [1.54, 1.807) is 24.3 Å². The molecule has 2 fully saturated rings. The number of methoxy groups -OCH3 is 1. The summed E-state index contributed by atoms with van der Waals surface area (Å²) in [7, 11) is 1.28. The van der Waals surface area contributed by atoms with Gasteiger partial charge >= 0.3 is 5.97 Å². The molecule has 5 heteroatoms. The number of ether oxygens (including phenoxy) is 1. The third-order valence-electron chi connectivity index (χ3n) is 5.02. The lowest BCUT2D eigenvalue weighted by molar-refractivity contribution is -0.123. The zero-order chi connectivity index (χ0) is 15.4. The molecule has 0 radical (unpaired) electrons. The van der Waals surface area contributed by atoms with Gasteiger partial charge in [-0.1, -0.05) is 24.3 Å². The van der Waals surface area contributed by atoms with Gasteiger partial charge in [-0.05, 0) is 30.4 Å². The minimum atomic E-state index is -0.547. The Bertz CT molecular complexity index is 693. The van der Waals surface area contributed by atoms with Gasteiger partial charge in [0, 0.05) is 0 Å². The zero-order valence-electron chi connectivity index (χ0n) is 12.1. The monoisotopic (exact) mass is 297 g/mol. The number of para-hydroxylation sites is 1. The van der Waals surface area contributed by atoms with Crippen LogP contribution in [-0.2, 0) is 14.3 Å². The van der Waals surface area contributed by atoms with Crippen molar-refractivity contribution in [1.82, 2.24) is 0 Å². The predicted molar refractivity (Wildman–Crippen MR) is 78.0 cm³/mol. The van der Waals surface area contributed by atoms with Crippen molar-refractivity contribution in [3.05, 3.63) is 42.0 Å². The Labute approximate surface area is 127 Å². The molecule has 112 valence electrons. The van der Waals surface area contributed by atoms with E-state index in [9.17, 15) is 14.4 Å². The van der Waals surface area contributed by atoms with E-state index in [1.807, 2.05) is 12.2 Å². The quantitative estimate of drug-likeness (QED) is 0.474. The van der Waals surface area contributed by atoms with Crippen molar-refractivity contribution in [2.24, 2.45) is 23.7 Å². The highest BCUT2D eigenvalue weighted by Gasteiger charge is 2.59. The Morgan fingerprint density at radius 1 is 1.09 bits per heavy atom. The van der Waals surface area contributed by atoms with Crippen LogP contribution in [-0.4, -0.2) is 24.9 Å². The molecule has 22 heavy (non-hydrogen) atoms. The molecule has 4 atom stereocenters. The van der Waals surface area contributed by atoms with E-state index < -0.39 is 5.97 Å². The maximum absolute atomic E-state index is 12.8. The molecular formula is C17H15NO4. The minimum absolute atomic E-state index is 0.154. The lowest BCUT2D eigenvalue weighted by Crippen LogP contribution is -2.34. The summed E-state index contributed by atoms with van der Waals surface area (Å²) < 4.78 is 4.76. The smallest absolute Gasteiger partial charge is 0.339 e. The third-order valence-corrected chi connectivity index (χ3v) is 5.02. The van der Waals surface area contributed by atoms with E-state index in [1.165, 1.54) is 12.0 Å². The van der Waals surface area contributed by atoms with E-state index in [2.05, 4.69) is 0 Å². The molecule has 1 aliphatic heterocycles. The third kappa shape index (κ3) is 1.56. The maximum atomic E-state index is 12.8. The number of amides is 2. The number of rotatable bonds is 2. The number of allylic oxidation sites excluding steroid dienone is 2. The van der Waals surface area contributed by atoms with Crippen LogP contribution in [0.4, 0.5) is 5.69 Å². The summed E-state index contributed by atoms with van der Waals surface area (Å²) in [6.45, 7) is 0. The second-order valence-corrected chi connectivity index (χ2v) is 6.02. The Balaban J connectivity index is 1.78. The first-order valence-electron chi connectivity index (χ1n) is 7.37. The van der Waals surface area contributed by atoms with Crippen LogP contribution >= 0.6 is 0 Å². The molecule has 2 aliphatic carbocycles. The van der Waals surface area contributed by atoms with Gasteiger partial charge in [0.15, 0.2) is 0 Å². The lowest BCUT2D eigenvalue weighted by atomic mass is 9.85. The molecule has 0 aromatic heterocycles. The highest BCUT2D eigenvalue weighted by atomic mass is 16.5. The summed E-state index contributed by atoms with van der Waals surface area (Å²) in [5.41, 5.74) is 0.574. The van der Waals surface area contributed by atoms with Crippen LogP contribution < -0.4 is 4.90 Å². The van der Waals surface area contributed by atoms with E-state index in [-0.39, 0.29) is 41.0 Å². The summed E-state index contributed by atoms with van der Waals surface area (Å²) >= 11 is 0. The molecule has 2 bridgehead atoms. The van der Waals surface area contributed by atoms with Crippen molar-refractivity contribution in [2.75, 3.05) is 12.0 Å². The van der Waals surface area contributed by atoms with Crippen molar-refractivity contribution in [2.45, 2.75) is 6.42 Å². The van der Waals surface area contributed by atoms with Gasteiger partial charge in [0.2, 0.25) is 11.8 Å². The number of fused-ring (bicyclic) bond motifs is 5. The molecule has 0 unspecified atom stereocenters. The molecule has 0 N–H and O–H groups in total. The fourth-order valence-corrected chi connectivity index (χ4v) is 4.09. The Hall–Kier alpha value is -2.43. The van der Waals surface area contributed by atoms with E-state index in [0.29, 0.717) is 5.69 Å². The molecular weight excluding hydrogens is 282 g/mol. The molecule has 4 rings (SSSR count). The van der Waals surface area contributed by atoms with Crippen LogP contribution in [0.3, 0.4) is 0 Å². The molecule has 1 saturated carbocycles. The largest absolute Gasteiger partial charge is 0.465 e. The number of esters is 1. The summed E-state index contributed by atoms with van der Waals surface area (Å²) in [4.78, 5) is 38.6. The van der Waals surface area contributed by atoms with Crippen LogP contribution in [0, 0.1) is 23.7 Å². The summed E-state index contributed by atoms with van der Waals surface area (Å²) in [5.74, 6) is -1.16. The Kier molecular flexibility index (Phi) is 2.73. The SMILES string of the molecule is COC(=O)c1ccccc1N1C(=O)[C@@H]2[C@H](C1=O)[C@@H]1C=C[C@H]2C1. The fourth-order valence-electron chi connectivity index (χ4n) is 4.09. The van der Waals surface area contributed by atoms with Gasteiger partial charge in [-0.3, -0.25) is 9.59 Å². The van der Waals surface area contributed by atoms with Crippen molar-refractivity contribution >= 4 is 23.5 Å². The number of hydrogen-bond acceptors (Lipinski definition) is 4. The number of carbonyl (C=O) groups is 3. The average Bonchev–Trinajstić information content (AvgIpc) is 3.21. The van der Waals surface area contributed by atoms with Gasteiger partial charge in [0.25, 0.3) is 0 Å². The van der Waals surface area contributed by atoms with Crippen LogP contribution in [0.25, 0.3) is 0 Å². The number of imide groups is 1. The van der Waals surface area contributed by atoms with Gasteiger partial charge in [-0.2, -0.15) is 0 Å². The molecule has 5 nitrogen and oxygen atoms in total. The van der Waals surface area contributed by atoms with Gasteiger partial charge in [0.1, 0.15) is 0 Å². The van der Waals surface area contributed by atoms with Gasteiger partial charge in [-0.15, -0.1) is 0 Å². The standard InChI is InChI=1S/C17H15NO4/c1-22-17(21)11-4-2-3-5-12(11)18-15(19)13-9-6-7-10(8-9)14(13)16(18)20/h2-7,9-10,13-14H,8H2,1H3/t9-,10+,13-,14+. The fraction of sp³-hybridized carbons (Fsp3) is 0.353. The summed E-state index contributed by atoms with van der Waals surface area (Å²) in [6.07, 6.45) is 4.98. The molecule has 1 aromatic carbocycles. The van der Waals surface area contributed by atoms with Crippen LogP contribution in [0.2, 0.25) is 0 Å². The highest BCUT2D eigenvalue weighted by Crippen LogP contribution is 2.53. The predicted octanol–water partition coefficient (Wildman–Crippen LogP) is 1.78. The van der Waals surface area contributed by atoms with Gasteiger partial charge < -0.3 is 4.74 Å². The minimum Gasteiger partial charge on any atom is -0.465 e. The first-order chi connectivity index (χ1) is 10.6. The second-order valence-electron chi connectivity index (χ2n) is 6.02. The average molecular weight is 297 g/mol. The van der Waals surface area contributed by atoms with Crippen molar-refractivity contribution in [3.8, 4) is 0 Å². The molecule has 0 spiro atoms. The second kappa shape index (κ2) is 4.53. The van der Waals surface area contributed by atoms with Crippen LogP contribution in [0.15, 0.2) is 36.4 Å². The van der Waals surface area contributed by atoms with Crippen molar-refractivity contribution < 1.29 is 19.1 Å². The van der Waals surface area contributed by atoms with E-state index in [0.717, 1.165) is 6.42 Å². The van der Waals surface area contributed by atoms with Crippen LogP contribution in [0.1, 0.15) is 16.8 Å². The van der Waals surface area contributed by atoms with Crippen molar-refractivity contribution in [3.63, 3.8) is 0 Å². The number of anilines is 1. The maximum Gasteiger partial charge on any atom is 0.339 e. The topological polar surface area (TPSA) is 63.7 Å². The van der Waals surface area contributed by atoms with Crippen molar-refractivity contribution in [1.29, 1.82) is 0 Å². The molecule has 3 aliphatic rings. The first kappa shape index (κ1) is 13.2. The molecule has 1 aromatic rings. The van der Waals surface area contributed by atoms with Gasteiger partial charge in [-0.25, -0.2) is 9.69 Å². The number of nitrogens with zero attached hydrogens (tertiary/aromatic N) is 1. The van der Waals surface area contributed by atoms with Gasteiger partial charge in [0.05, 0.1) is 30.2 Å². The number of benzene rings is 1. The van der Waals surface area contributed by atoms with E-state index in [4.69, 9.17) is 4.74 Å². The Morgan fingerprint density at radius 2 is 1.68 bits per heavy atom. The highest BCUT2D eigenvalue weighted by molar-refractivity contribution is 6.24. The Morgan fingerprint density at radius 3 is 2.27 bits per heavy atom. The molecule has 1 heterocycles.